The smallest absolute Gasteiger partial charge is 0.0841 e. The minimum Gasteiger partial charge on any atom is -0.293 e. The Morgan fingerprint density at radius 2 is 1.92 bits per heavy atom. The highest BCUT2D eigenvalue weighted by atomic mass is 35.5. The van der Waals surface area contributed by atoms with E-state index in [1.54, 1.807) is 5.57 Å². The number of hydrogen-bond acceptors (Lipinski definition) is 2. The zero-order chi connectivity index (χ0) is 17.1. The molecule has 4 rings (SSSR count). The van der Waals surface area contributed by atoms with Gasteiger partial charge in [0.25, 0.3) is 0 Å². The van der Waals surface area contributed by atoms with Crippen LogP contribution in [0.2, 0.25) is 5.02 Å². The maximum absolute atomic E-state index is 6.22. The molecule has 25 heavy (non-hydrogen) atoms. The normalized spacial score (nSPS) is 15.5. The molecule has 0 unspecified atom stereocenters. The molecule has 0 atom stereocenters. The number of benzene rings is 2. The van der Waals surface area contributed by atoms with E-state index in [1.807, 2.05) is 12.1 Å². The predicted octanol–water partition coefficient (Wildman–Crippen LogP) is 4.98. The van der Waals surface area contributed by atoms with E-state index >= 15 is 0 Å². The number of aromatic amines is 1. The standard InChI is InChI=1S/C21H22ClN3/c22-19-8-4-7-18-20(23-24-21(18)19)15-25-13-11-17(12-14-25)10-9-16-5-2-1-3-6-16/h1-8,11H,9-10,12-15H2,(H,23,24). The number of hydrogen-bond donors (Lipinski definition) is 1. The lowest BCUT2D eigenvalue weighted by molar-refractivity contribution is 0.281. The Balaban J connectivity index is 1.36. The van der Waals surface area contributed by atoms with Crippen LogP contribution in [-0.2, 0) is 13.0 Å². The highest BCUT2D eigenvalue weighted by Gasteiger charge is 2.15. The van der Waals surface area contributed by atoms with Gasteiger partial charge in [-0.1, -0.05) is 65.7 Å². The lowest BCUT2D eigenvalue weighted by atomic mass is 9.99. The maximum Gasteiger partial charge on any atom is 0.0841 e. The van der Waals surface area contributed by atoms with Crippen molar-refractivity contribution in [2.24, 2.45) is 0 Å². The third-order valence-electron chi connectivity index (χ3n) is 4.97. The van der Waals surface area contributed by atoms with Crippen LogP contribution in [0, 0.1) is 0 Å². The van der Waals surface area contributed by atoms with Crippen LogP contribution in [0.5, 0.6) is 0 Å². The molecule has 0 saturated carbocycles. The fourth-order valence-electron chi connectivity index (χ4n) is 3.47. The number of halogens is 1. The van der Waals surface area contributed by atoms with Gasteiger partial charge in [0.05, 0.1) is 16.2 Å². The van der Waals surface area contributed by atoms with E-state index in [4.69, 9.17) is 11.6 Å². The average molecular weight is 352 g/mol. The summed E-state index contributed by atoms with van der Waals surface area (Å²) >= 11 is 6.22. The minimum atomic E-state index is 0.734. The molecule has 0 fully saturated rings. The van der Waals surface area contributed by atoms with Crippen molar-refractivity contribution in [1.82, 2.24) is 15.1 Å². The molecule has 0 spiro atoms. The Morgan fingerprint density at radius 1 is 1.04 bits per heavy atom. The van der Waals surface area contributed by atoms with Gasteiger partial charge < -0.3 is 0 Å². The molecule has 2 heterocycles. The average Bonchev–Trinajstić information content (AvgIpc) is 3.06. The molecule has 0 radical (unpaired) electrons. The fraction of sp³-hybridized carbons (Fsp3) is 0.286. The van der Waals surface area contributed by atoms with Gasteiger partial charge in [-0.3, -0.25) is 10.00 Å². The molecule has 1 aromatic heterocycles. The molecule has 4 heteroatoms. The number of para-hydroxylation sites is 1. The van der Waals surface area contributed by atoms with Gasteiger partial charge in [0.2, 0.25) is 0 Å². The summed E-state index contributed by atoms with van der Waals surface area (Å²) in [7, 11) is 0. The first kappa shape index (κ1) is 16.4. The summed E-state index contributed by atoms with van der Waals surface area (Å²) in [6.45, 7) is 2.96. The van der Waals surface area contributed by atoms with Crippen molar-refractivity contribution >= 4 is 22.5 Å². The van der Waals surface area contributed by atoms with E-state index < -0.39 is 0 Å². The highest BCUT2D eigenvalue weighted by Crippen LogP contribution is 2.25. The van der Waals surface area contributed by atoms with Crippen molar-refractivity contribution in [2.45, 2.75) is 25.8 Å². The monoisotopic (exact) mass is 351 g/mol. The molecule has 2 aromatic carbocycles. The predicted molar refractivity (Wildman–Crippen MR) is 104 cm³/mol. The Bertz CT molecular complexity index is 883. The second kappa shape index (κ2) is 7.42. The summed E-state index contributed by atoms with van der Waals surface area (Å²) < 4.78 is 0. The molecular weight excluding hydrogens is 330 g/mol. The van der Waals surface area contributed by atoms with Crippen LogP contribution in [0.1, 0.15) is 24.1 Å². The van der Waals surface area contributed by atoms with Gasteiger partial charge in [-0.25, -0.2) is 0 Å². The topological polar surface area (TPSA) is 31.9 Å². The lowest BCUT2D eigenvalue weighted by Gasteiger charge is -2.25. The summed E-state index contributed by atoms with van der Waals surface area (Å²) in [5.74, 6) is 0. The second-order valence-electron chi connectivity index (χ2n) is 6.67. The molecule has 0 amide bonds. The molecule has 0 saturated heterocycles. The first-order valence-corrected chi connectivity index (χ1v) is 9.23. The van der Waals surface area contributed by atoms with Crippen LogP contribution in [-0.4, -0.2) is 28.2 Å². The number of rotatable bonds is 5. The number of H-pyrrole nitrogens is 1. The number of nitrogens with zero attached hydrogens (tertiary/aromatic N) is 2. The largest absolute Gasteiger partial charge is 0.293 e. The van der Waals surface area contributed by atoms with Crippen molar-refractivity contribution < 1.29 is 0 Å². The van der Waals surface area contributed by atoms with Crippen LogP contribution < -0.4 is 0 Å². The SMILES string of the molecule is Clc1cccc2c(CN3CC=C(CCc4ccccc4)CC3)n[nH]c12. The van der Waals surface area contributed by atoms with Crippen LogP contribution in [0.3, 0.4) is 0 Å². The summed E-state index contributed by atoms with van der Waals surface area (Å²) in [6.07, 6.45) is 5.85. The van der Waals surface area contributed by atoms with Gasteiger partial charge in [-0.05, 0) is 30.9 Å². The molecule has 1 aliphatic rings. The van der Waals surface area contributed by atoms with E-state index in [-0.39, 0.29) is 0 Å². The van der Waals surface area contributed by atoms with E-state index in [9.17, 15) is 0 Å². The van der Waals surface area contributed by atoms with Crippen LogP contribution in [0.4, 0.5) is 0 Å². The van der Waals surface area contributed by atoms with Crippen molar-refractivity contribution in [3.05, 3.63) is 76.5 Å². The molecule has 3 nitrogen and oxygen atoms in total. The summed E-state index contributed by atoms with van der Waals surface area (Å²) in [5, 5.41) is 9.41. The molecule has 0 aliphatic carbocycles. The molecule has 1 aliphatic heterocycles. The number of nitrogens with one attached hydrogen (secondary N) is 1. The Labute approximate surface area is 153 Å². The Kier molecular flexibility index (Phi) is 4.86. The van der Waals surface area contributed by atoms with Gasteiger partial charge in [0.15, 0.2) is 0 Å². The number of fused-ring (bicyclic) bond motifs is 1. The van der Waals surface area contributed by atoms with Crippen LogP contribution >= 0.6 is 11.6 Å². The Hall–Kier alpha value is -2.10. The first-order valence-electron chi connectivity index (χ1n) is 8.85. The fourth-order valence-corrected chi connectivity index (χ4v) is 3.68. The minimum absolute atomic E-state index is 0.734. The van der Waals surface area contributed by atoms with Gasteiger partial charge in [-0.15, -0.1) is 0 Å². The third kappa shape index (κ3) is 3.78. The van der Waals surface area contributed by atoms with E-state index in [2.05, 4.69) is 57.6 Å². The molecular formula is C21H22ClN3. The van der Waals surface area contributed by atoms with Crippen LogP contribution in [0.15, 0.2) is 60.2 Å². The lowest BCUT2D eigenvalue weighted by Crippen LogP contribution is -2.28. The van der Waals surface area contributed by atoms with Crippen LogP contribution in [0.25, 0.3) is 10.9 Å². The summed E-state index contributed by atoms with van der Waals surface area (Å²) in [6, 6.07) is 16.7. The summed E-state index contributed by atoms with van der Waals surface area (Å²) in [5.41, 5.74) is 5.02. The van der Waals surface area contributed by atoms with E-state index in [1.165, 1.54) is 12.0 Å². The first-order chi connectivity index (χ1) is 12.3. The van der Waals surface area contributed by atoms with Crippen molar-refractivity contribution in [3.8, 4) is 0 Å². The quantitative estimate of drug-likeness (QED) is 0.657. The van der Waals surface area contributed by atoms with Crippen molar-refractivity contribution in [2.75, 3.05) is 13.1 Å². The number of aromatic nitrogens is 2. The van der Waals surface area contributed by atoms with Gasteiger partial charge in [0.1, 0.15) is 0 Å². The molecule has 1 N–H and O–H groups in total. The summed E-state index contributed by atoms with van der Waals surface area (Å²) in [4.78, 5) is 2.45. The highest BCUT2D eigenvalue weighted by molar-refractivity contribution is 6.35. The maximum atomic E-state index is 6.22. The molecule has 0 bridgehead atoms. The van der Waals surface area contributed by atoms with E-state index in [0.29, 0.717) is 0 Å². The third-order valence-corrected chi connectivity index (χ3v) is 5.28. The van der Waals surface area contributed by atoms with Gasteiger partial charge >= 0.3 is 0 Å². The van der Waals surface area contributed by atoms with E-state index in [0.717, 1.165) is 54.1 Å². The second-order valence-corrected chi connectivity index (χ2v) is 7.07. The van der Waals surface area contributed by atoms with Crippen molar-refractivity contribution in [1.29, 1.82) is 0 Å². The Morgan fingerprint density at radius 3 is 2.72 bits per heavy atom. The van der Waals surface area contributed by atoms with Gasteiger partial charge in [-0.2, -0.15) is 5.10 Å². The molecule has 3 aromatic rings. The zero-order valence-corrected chi connectivity index (χ0v) is 15.0. The zero-order valence-electron chi connectivity index (χ0n) is 14.2. The van der Waals surface area contributed by atoms with Gasteiger partial charge in [0, 0.05) is 25.0 Å². The number of aryl methyl sites for hydroxylation is 1. The van der Waals surface area contributed by atoms with Crippen molar-refractivity contribution in [3.63, 3.8) is 0 Å². The molecule has 128 valence electrons.